The molecular weight excluding hydrogens is 332 g/mol. The standard InChI is InChI=1S/C15H21ClN6O2/c1-8-12(16)14(20-10-7-24-11-3-4-23-13(10)11)21-15(18-8)19-9-5-17-22(2)6-9/h5-6,8,10-13H,3-4,7H2,1-2H3,(H2,18,19,20,21)/t8?,10-,11?,12?,13?/m1/s1. The smallest absolute Gasteiger partial charge is 0.201 e. The lowest BCUT2D eigenvalue weighted by Gasteiger charge is -2.27. The molecule has 4 unspecified atom stereocenters. The summed E-state index contributed by atoms with van der Waals surface area (Å²) in [7, 11) is 1.86. The average molecular weight is 353 g/mol. The molecule has 1 aromatic heterocycles. The number of halogens is 1. The van der Waals surface area contributed by atoms with E-state index in [-0.39, 0.29) is 29.7 Å². The van der Waals surface area contributed by atoms with Gasteiger partial charge in [-0.15, -0.1) is 11.6 Å². The molecule has 8 nitrogen and oxygen atoms in total. The zero-order chi connectivity index (χ0) is 16.7. The van der Waals surface area contributed by atoms with Gasteiger partial charge >= 0.3 is 0 Å². The summed E-state index contributed by atoms with van der Waals surface area (Å²) < 4.78 is 13.2. The molecule has 2 saturated heterocycles. The van der Waals surface area contributed by atoms with Crippen LogP contribution in [0.5, 0.6) is 0 Å². The van der Waals surface area contributed by atoms with Gasteiger partial charge in [-0.1, -0.05) is 0 Å². The van der Waals surface area contributed by atoms with Gasteiger partial charge in [0.05, 0.1) is 30.6 Å². The van der Waals surface area contributed by atoms with Crippen LogP contribution in [0.25, 0.3) is 0 Å². The predicted octanol–water partition coefficient (Wildman–Crippen LogP) is 0.742. The van der Waals surface area contributed by atoms with E-state index >= 15 is 0 Å². The molecule has 2 fully saturated rings. The van der Waals surface area contributed by atoms with E-state index in [2.05, 4.69) is 20.7 Å². The lowest BCUT2D eigenvalue weighted by Crippen LogP contribution is -2.49. The Morgan fingerprint density at radius 1 is 1.46 bits per heavy atom. The molecule has 0 radical (unpaired) electrons. The second-order valence-electron chi connectivity index (χ2n) is 6.35. The summed E-state index contributed by atoms with van der Waals surface area (Å²) in [5.41, 5.74) is 0.853. The summed E-state index contributed by atoms with van der Waals surface area (Å²) in [5.74, 6) is 1.32. The van der Waals surface area contributed by atoms with E-state index in [1.807, 2.05) is 20.2 Å². The van der Waals surface area contributed by atoms with E-state index in [1.165, 1.54) is 0 Å². The highest BCUT2D eigenvalue weighted by atomic mass is 35.5. The molecule has 4 heterocycles. The van der Waals surface area contributed by atoms with Crippen molar-refractivity contribution in [3.05, 3.63) is 12.4 Å². The van der Waals surface area contributed by atoms with Crippen molar-refractivity contribution in [2.45, 2.75) is 43.0 Å². The van der Waals surface area contributed by atoms with Crippen LogP contribution in [0.1, 0.15) is 13.3 Å². The zero-order valence-corrected chi connectivity index (χ0v) is 14.4. The van der Waals surface area contributed by atoms with Crippen molar-refractivity contribution < 1.29 is 9.47 Å². The maximum absolute atomic E-state index is 6.50. The first-order valence-corrected chi connectivity index (χ1v) is 8.59. The molecule has 0 aliphatic carbocycles. The third-order valence-electron chi connectivity index (χ3n) is 4.48. The number of guanidine groups is 1. The number of alkyl halides is 1. The summed E-state index contributed by atoms with van der Waals surface area (Å²) in [6, 6.07) is -0.111. The fraction of sp³-hybridized carbons (Fsp3) is 0.667. The van der Waals surface area contributed by atoms with Gasteiger partial charge in [0, 0.05) is 19.9 Å². The maximum atomic E-state index is 6.50. The lowest BCUT2D eigenvalue weighted by atomic mass is 10.1. The molecular formula is C15H21ClN6O2. The number of amidine groups is 1. The lowest BCUT2D eigenvalue weighted by molar-refractivity contribution is 0.0710. The van der Waals surface area contributed by atoms with Crippen LogP contribution in [0.4, 0.5) is 5.69 Å². The van der Waals surface area contributed by atoms with Crippen LogP contribution in [-0.4, -0.2) is 64.5 Å². The number of hydrogen-bond acceptors (Lipinski definition) is 6. The SMILES string of the molecule is CC1N=C(Nc2cnn(C)c2)NC(=N[C@@H]2COC3CCOC32)C1Cl. The van der Waals surface area contributed by atoms with Crippen molar-refractivity contribution in [1.29, 1.82) is 0 Å². The van der Waals surface area contributed by atoms with E-state index in [0.29, 0.717) is 18.4 Å². The third-order valence-corrected chi connectivity index (χ3v) is 5.05. The quantitative estimate of drug-likeness (QED) is 0.767. The van der Waals surface area contributed by atoms with Gasteiger partial charge in [0.25, 0.3) is 0 Å². The van der Waals surface area contributed by atoms with Crippen LogP contribution in [0.15, 0.2) is 22.4 Å². The van der Waals surface area contributed by atoms with Gasteiger partial charge in [0.1, 0.15) is 23.4 Å². The Morgan fingerprint density at radius 2 is 2.33 bits per heavy atom. The fourth-order valence-corrected chi connectivity index (χ4v) is 3.41. The topological polar surface area (TPSA) is 85.1 Å². The number of anilines is 1. The Hall–Kier alpha value is -1.64. The maximum Gasteiger partial charge on any atom is 0.201 e. The van der Waals surface area contributed by atoms with E-state index < -0.39 is 0 Å². The number of hydrogen-bond donors (Lipinski definition) is 2. The van der Waals surface area contributed by atoms with Gasteiger partial charge in [-0.05, 0) is 13.3 Å². The number of rotatable bonds is 2. The van der Waals surface area contributed by atoms with Crippen LogP contribution in [0, 0.1) is 0 Å². The van der Waals surface area contributed by atoms with Gasteiger partial charge in [0.15, 0.2) is 0 Å². The molecule has 24 heavy (non-hydrogen) atoms. The van der Waals surface area contributed by atoms with E-state index in [1.54, 1.807) is 10.9 Å². The van der Waals surface area contributed by atoms with Crippen LogP contribution in [-0.2, 0) is 16.5 Å². The molecule has 9 heteroatoms. The normalized spacial score (nSPS) is 37.2. The second kappa shape index (κ2) is 6.34. The first-order chi connectivity index (χ1) is 11.6. The minimum absolute atomic E-state index is 0.0220. The first kappa shape index (κ1) is 15.9. The molecule has 3 aliphatic heterocycles. The highest BCUT2D eigenvalue weighted by Gasteiger charge is 2.42. The number of aryl methyl sites for hydroxylation is 1. The minimum atomic E-state index is -0.301. The van der Waals surface area contributed by atoms with Crippen molar-refractivity contribution in [2.75, 3.05) is 18.5 Å². The van der Waals surface area contributed by atoms with Crippen molar-refractivity contribution >= 4 is 29.1 Å². The Morgan fingerprint density at radius 3 is 3.12 bits per heavy atom. The molecule has 0 aromatic carbocycles. The monoisotopic (exact) mass is 352 g/mol. The Balaban J connectivity index is 1.51. The van der Waals surface area contributed by atoms with Crippen LogP contribution >= 0.6 is 11.6 Å². The van der Waals surface area contributed by atoms with E-state index in [4.69, 9.17) is 26.1 Å². The molecule has 2 N–H and O–H groups in total. The van der Waals surface area contributed by atoms with E-state index in [9.17, 15) is 0 Å². The number of aliphatic imine (C=N–C) groups is 2. The Kier molecular flexibility index (Phi) is 4.19. The summed E-state index contributed by atoms with van der Waals surface area (Å²) in [4.78, 5) is 9.33. The van der Waals surface area contributed by atoms with Gasteiger partial charge in [-0.3, -0.25) is 9.67 Å². The van der Waals surface area contributed by atoms with Gasteiger partial charge in [0.2, 0.25) is 5.96 Å². The van der Waals surface area contributed by atoms with Crippen molar-refractivity contribution in [3.8, 4) is 0 Å². The van der Waals surface area contributed by atoms with Gasteiger partial charge in [-0.25, -0.2) is 4.99 Å². The summed E-state index contributed by atoms with van der Waals surface area (Å²) in [5, 5.41) is 10.2. The molecule has 0 amide bonds. The third kappa shape index (κ3) is 3.01. The molecule has 4 rings (SSSR count). The Labute approximate surface area is 145 Å². The molecule has 1 aromatic rings. The number of aromatic nitrogens is 2. The summed E-state index contributed by atoms with van der Waals surface area (Å²) in [6.45, 7) is 3.28. The second-order valence-corrected chi connectivity index (χ2v) is 6.82. The van der Waals surface area contributed by atoms with Crippen molar-refractivity contribution in [1.82, 2.24) is 15.1 Å². The fourth-order valence-electron chi connectivity index (χ4n) is 3.24. The molecule has 0 spiro atoms. The number of nitrogens with zero attached hydrogens (tertiary/aromatic N) is 4. The molecule has 130 valence electrons. The van der Waals surface area contributed by atoms with Gasteiger partial charge in [-0.2, -0.15) is 5.10 Å². The predicted molar refractivity (Wildman–Crippen MR) is 91.8 cm³/mol. The molecule has 0 saturated carbocycles. The molecule has 5 atom stereocenters. The zero-order valence-electron chi connectivity index (χ0n) is 13.6. The van der Waals surface area contributed by atoms with Gasteiger partial charge < -0.3 is 20.1 Å². The average Bonchev–Trinajstić information content (AvgIpc) is 3.23. The van der Waals surface area contributed by atoms with Crippen LogP contribution < -0.4 is 10.6 Å². The largest absolute Gasteiger partial charge is 0.373 e. The van der Waals surface area contributed by atoms with E-state index in [0.717, 1.165) is 18.7 Å². The summed E-state index contributed by atoms with van der Waals surface area (Å²) >= 11 is 6.50. The van der Waals surface area contributed by atoms with Crippen LogP contribution in [0.3, 0.4) is 0 Å². The Bertz CT molecular complexity index is 675. The molecule has 3 aliphatic rings. The van der Waals surface area contributed by atoms with Crippen molar-refractivity contribution in [3.63, 3.8) is 0 Å². The first-order valence-electron chi connectivity index (χ1n) is 8.15. The van der Waals surface area contributed by atoms with Crippen molar-refractivity contribution in [2.24, 2.45) is 17.0 Å². The minimum Gasteiger partial charge on any atom is -0.373 e. The number of nitrogens with one attached hydrogen (secondary N) is 2. The van der Waals surface area contributed by atoms with Crippen LogP contribution in [0.2, 0.25) is 0 Å². The number of fused-ring (bicyclic) bond motifs is 1. The molecule has 0 bridgehead atoms. The highest BCUT2D eigenvalue weighted by Crippen LogP contribution is 2.29. The number of ether oxygens (including phenoxy) is 2. The highest BCUT2D eigenvalue weighted by molar-refractivity contribution is 6.34. The summed E-state index contributed by atoms with van der Waals surface area (Å²) in [6.07, 6.45) is 4.75.